The van der Waals surface area contributed by atoms with Gasteiger partial charge in [-0.15, -0.1) is 11.8 Å². The van der Waals surface area contributed by atoms with Gasteiger partial charge in [0.2, 0.25) is 5.89 Å². The third-order valence-corrected chi connectivity index (χ3v) is 3.41. The molecule has 0 aliphatic carbocycles. The molecular weight excluding hydrogens is 248 g/mol. The van der Waals surface area contributed by atoms with Gasteiger partial charge >= 0.3 is 0 Å². The standard InChI is InChI=1S/C13H16N2O2S/c1-2-4-13-14-12(15-17-13)9-18-11-6-3-5-10(7-11)8-16/h3,5-7,16H,2,4,8-9H2,1H3. The average Bonchev–Trinajstić information content (AvgIpc) is 2.85. The maximum atomic E-state index is 9.06. The Labute approximate surface area is 110 Å². The normalized spacial score (nSPS) is 10.8. The van der Waals surface area contributed by atoms with E-state index in [1.54, 1.807) is 11.8 Å². The summed E-state index contributed by atoms with van der Waals surface area (Å²) in [5.74, 6) is 2.11. The molecule has 0 saturated heterocycles. The average molecular weight is 264 g/mol. The van der Waals surface area contributed by atoms with Crippen LogP contribution in [0.5, 0.6) is 0 Å². The third kappa shape index (κ3) is 3.58. The van der Waals surface area contributed by atoms with Crippen molar-refractivity contribution in [2.75, 3.05) is 0 Å². The van der Waals surface area contributed by atoms with Gasteiger partial charge in [-0.2, -0.15) is 4.98 Å². The summed E-state index contributed by atoms with van der Waals surface area (Å²) in [4.78, 5) is 5.41. The third-order valence-electron chi connectivity index (χ3n) is 2.42. The molecule has 0 unspecified atom stereocenters. The highest BCUT2D eigenvalue weighted by molar-refractivity contribution is 7.98. The SMILES string of the molecule is CCCc1nc(CSc2cccc(CO)c2)no1. The van der Waals surface area contributed by atoms with Crippen molar-refractivity contribution < 1.29 is 9.63 Å². The molecule has 1 N–H and O–H groups in total. The lowest BCUT2D eigenvalue weighted by Crippen LogP contribution is -1.87. The molecule has 0 amide bonds. The lowest BCUT2D eigenvalue weighted by Gasteiger charge is -2.00. The first kappa shape index (κ1) is 13.1. The van der Waals surface area contributed by atoms with Crippen LogP contribution < -0.4 is 0 Å². The van der Waals surface area contributed by atoms with Crippen molar-refractivity contribution in [2.24, 2.45) is 0 Å². The van der Waals surface area contributed by atoms with Gasteiger partial charge in [0.1, 0.15) is 0 Å². The van der Waals surface area contributed by atoms with Crippen LogP contribution in [0.3, 0.4) is 0 Å². The van der Waals surface area contributed by atoms with Crippen molar-refractivity contribution in [2.45, 2.75) is 37.0 Å². The molecule has 1 heterocycles. The van der Waals surface area contributed by atoms with Crippen LogP contribution in [0.4, 0.5) is 0 Å². The number of aryl methyl sites for hydroxylation is 1. The zero-order valence-corrected chi connectivity index (χ0v) is 11.1. The van der Waals surface area contributed by atoms with E-state index in [1.807, 2.05) is 24.3 Å². The Balaban J connectivity index is 1.93. The number of benzene rings is 1. The minimum absolute atomic E-state index is 0.0667. The van der Waals surface area contributed by atoms with Crippen molar-refractivity contribution in [3.05, 3.63) is 41.5 Å². The van der Waals surface area contributed by atoms with Gasteiger partial charge < -0.3 is 9.63 Å². The molecule has 0 fully saturated rings. The summed E-state index contributed by atoms with van der Waals surface area (Å²) in [7, 11) is 0. The molecule has 0 spiro atoms. The van der Waals surface area contributed by atoms with Gasteiger partial charge in [0.25, 0.3) is 0 Å². The van der Waals surface area contributed by atoms with Crippen LogP contribution in [0, 0.1) is 0 Å². The van der Waals surface area contributed by atoms with Gasteiger partial charge in [-0.1, -0.05) is 24.2 Å². The minimum Gasteiger partial charge on any atom is -0.392 e. The van der Waals surface area contributed by atoms with Crippen LogP contribution in [0.25, 0.3) is 0 Å². The zero-order valence-electron chi connectivity index (χ0n) is 10.3. The van der Waals surface area contributed by atoms with E-state index in [2.05, 4.69) is 17.1 Å². The quantitative estimate of drug-likeness (QED) is 0.813. The molecule has 5 heteroatoms. The van der Waals surface area contributed by atoms with Crippen molar-refractivity contribution >= 4 is 11.8 Å². The van der Waals surface area contributed by atoms with E-state index in [0.29, 0.717) is 11.6 Å². The minimum atomic E-state index is 0.0667. The lowest BCUT2D eigenvalue weighted by atomic mass is 10.2. The molecule has 18 heavy (non-hydrogen) atoms. The number of rotatable bonds is 6. The molecule has 4 nitrogen and oxygen atoms in total. The summed E-state index contributed by atoms with van der Waals surface area (Å²) >= 11 is 1.64. The van der Waals surface area contributed by atoms with Crippen LogP contribution in [0.1, 0.15) is 30.6 Å². The van der Waals surface area contributed by atoms with Crippen LogP contribution in [-0.4, -0.2) is 15.2 Å². The Hall–Kier alpha value is -1.33. The van der Waals surface area contributed by atoms with Gasteiger partial charge in [-0.05, 0) is 24.1 Å². The van der Waals surface area contributed by atoms with Gasteiger partial charge in [0.05, 0.1) is 12.4 Å². The number of nitrogens with zero attached hydrogens (tertiary/aromatic N) is 2. The predicted octanol–water partition coefficient (Wildman–Crippen LogP) is 2.81. The summed E-state index contributed by atoms with van der Waals surface area (Å²) in [6.45, 7) is 2.15. The first-order chi connectivity index (χ1) is 8.81. The topological polar surface area (TPSA) is 59.2 Å². The van der Waals surface area contributed by atoms with E-state index in [-0.39, 0.29) is 6.61 Å². The van der Waals surface area contributed by atoms with Gasteiger partial charge in [-0.25, -0.2) is 0 Å². The van der Waals surface area contributed by atoms with E-state index in [9.17, 15) is 0 Å². The molecule has 0 bridgehead atoms. The second-order valence-electron chi connectivity index (χ2n) is 3.95. The fourth-order valence-electron chi connectivity index (χ4n) is 1.55. The number of aliphatic hydroxyl groups excluding tert-OH is 1. The highest BCUT2D eigenvalue weighted by Gasteiger charge is 2.06. The van der Waals surface area contributed by atoms with E-state index >= 15 is 0 Å². The number of hydrogen-bond donors (Lipinski definition) is 1. The molecule has 2 rings (SSSR count). The smallest absolute Gasteiger partial charge is 0.226 e. The Bertz CT molecular complexity index is 499. The fourth-order valence-corrected chi connectivity index (χ4v) is 2.37. The second kappa shape index (κ2) is 6.56. The van der Waals surface area contributed by atoms with Crippen molar-refractivity contribution in [3.8, 4) is 0 Å². The molecule has 0 aliphatic rings. The molecule has 0 aliphatic heterocycles. The Morgan fingerprint density at radius 3 is 3.06 bits per heavy atom. The number of aliphatic hydroxyl groups is 1. The number of aromatic nitrogens is 2. The zero-order chi connectivity index (χ0) is 12.8. The largest absolute Gasteiger partial charge is 0.392 e. The summed E-state index contributed by atoms with van der Waals surface area (Å²) in [5, 5.41) is 13.0. The molecule has 1 aromatic carbocycles. The maximum absolute atomic E-state index is 9.06. The molecule has 0 radical (unpaired) electrons. The molecular formula is C13H16N2O2S. The van der Waals surface area contributed by atoms with Gasteiger partial charge in [0.15, 0.2) is 5.82 Å². The van der Waals surface area contributed by atoms with Crippen molar-refractivity contribution in [1.29, 1.82) is 0 Å². The van der Waals surface area contributed by atoms with Gasteiger partial charge in [-0.3, -0.25) is 0 Å². The molecule has 2 aromatic rings. The molecule has 0 atom stereocenters. The highest BCUT2D eigenvalue weighted by Crippen LogP contribution is 2.22. The maximum Gasteiger partial charge on any atom is 0.226 e. The fraction of sp³-hybridized carbons (Fsp3) is 0.385. The predicted molar refractivity (Wildman–Crippen MR) is 70.2 cm³/mol. The first-order valence-electron chi connectivity index (χ1n) is 5.96. The van der Waals surface area contributed by atoms with E-state index < -0.39 is 0 Å². The van der Waals surface area contributed by atoms with Crippen LogP contribution >= 0.6 is 11.8 Å². The van der Waals surface area contributed by atoms with Crippen LogP contribution in [-0.2, 0) is 18.8 Å². The Kier molecular flexibility index (Phi) is 4.78. The van der Waals surface area contributed by atoms with E-state index in [4.69, 9.17) is 9.63 Å². The summed E-state index contributed by atoms with van der Waals surface area (Å²) < 4.78 is 5.12. The Morgan fingerprint density at radius 2 is 2.28 bits per heavy atom. The summed E-state index contributed by atoms with van der Waals surface area (Å²) in [6.07, 6.45) is 1.84. The first-order valence-corrected chi connectivity index (χ1v) is 6.94. The van der Waals surface area contributed by atoms with Gasteiger partial charge in [0, 0.05) is 11.3 Å². The highest BCUT2D eigenvalue weighted by atomic mass is 32.2. The number of hydrogen-bond acceptors (Lipinski definition) is 5. The summed E-state index contributed by atoms with van der Waals surface area (Å²) in [6, 6.07) is 7.82. The van der Waals surface area contributed by atoms with Crippen molar-refractivity contribution in [3.63, 3.8) is 0 Å². The number of thioether (sulfide) groups is 1. The monoisotopic (exact) mass is 264 g/mol. The second-order valence-corrected chi connectivity index (χ2v) is 5.00. The van der Waals surface area contributed by atoms with Crippen LogP contribution in [0.15, 0.2) is 33.7 Å². The summed E-state index contributed by atoms with van der Waals surface area (Å²) in [5.41, 5.74) is 0.916. The van der Waals surface area contributed by atoms with E-state index in [0.717, 1.165) is 29.1 Å². The van der Waals surface area contributed by atoms with Crippen molar-refractivity contribution in [1.82, 2.24) is 10.1 Å². The Morgan fingerprint density at radius 1 is 1.39 bits per heavy atom. The molecule has 0 saturated carbocycles. The van der Waals surface area contributed by atoms with E-state index in [1.165, 1.54) is 0 Å². The lowest BCUT2D eigenvalue weighted by molar-refractivity contribution is 0.281. The molecule has 1 aromatic heterocycles. The molecule has 96 valence electrons. The van der Waals surface area contributed by atoms with Crippen LogP contribution in [0.2, 0.25) is 0 Å².